The van der Waals surface area contributed by atoms with Gasteiger partial charge in [-0.3, -0.25) is 9.88 Å². The Balaban J connectivity index is 1.59. The fourth-order valence-electron chi connectivity index (χ4n) is 2.99. The highest BCUT2D eigenvalue weighted by Crippen LogP contribution is 2.28. The van der Waals surface area contributed by atoms with Gasteiger partial charge in [-0.2, -0.15) is 0 Å². The summed E-state index contributed by atoms with van der Waals surface area (Å²) >= 11 is 0. The summed E-state index contributed by atoms with van der Waals surface area (Å²) in [5.41, 5.74) is 8.92. The minimum Gasteiger partial charge on any atom is -0.324 e. The first-order valence-corrected chi connectivity index (χ1v) is 7.25. The van der Waals surface area contributed by atoms with E-state index in [4.69, 9.17) is 5.73 Å². The molecule has 2 N–H and O–H groups in total. The molecule has 0 saturated carbocycles. The molecule has 2 aromatic rings. The van der Waals surface area contributed by atoms with Crippen molar-refractivity contribution in [1.29, 1.82) is 0 Å². The van der Waals surface area contributed by atoms with E-state index in [9.17, 15) is 0 Å². The maximum Gasteiger partial charge on any atom is 0.0351 e. The van der Waals surface area contributed by atoms with Crippen molar-refractivity contribution in [2.24, 2.45) is 11.7 Å². The molecular formula is C17H21N3. The van der Waals surface area contributed by atoms with Crippen molar-refractivity contribution in [3.8, 4) is 0 Å². The van der Waals surface area contributed by atoms with Crippen molar-refractivity contribution in [2.75, 3.05) is 13.1 Å². The predicted octanol–water partition coefficient (Wildman–Crippen LogP) is 2.60. The third kappa shape index (κ3) is 3.06. The summed E-state index contributed by atoms with van der Waals surface area (Å²) in [6, 6.07) is 14.8. The van der Waals surface area contributed by atoms with E-state index in [1.807, 2.05) is 12.3 Å². The lowest BCUT2D eigenvalue weighted by Gasteiger charge is -2.20. The third-order valence-electron chi connectivity index (χ3n) is 4.14. The summed E-state index contributed by atoms with van der Waals surface area (Å²) in [7, 11) is 0. The molecule has 3 rings (SSSR count). The van der Waals surface area contributed by atoms with Crippen LogP contribution in [0.4, 0.5) is 0 Å². The Morgan fingerprint density at radius 1 is 1.20 bits per heavy atom. The molecule has 1 aromatic heterocycles. The van der Waals surface area contributed by atoms with Crippen LogP contribution in [0.2, 0.25) is 0 Å². The monoisotopic (exact) mass is 267 g/mol. The van der Waals surface area contributed by atoms with Crippen LogP contribution >= 0.6 is 0 Å². The average Bonchev–Trinajstić information content (AvgIpc) is 2.97. The van der Waals surface area contributed by atoms with Crippen molar-refractivity contribution in [3.05, 3.63) is 66.0 Å². The summed E-state index contributed by atoms with van der Waals surface area (Å²) in [5.74, 6) is 0.530. The van der Waals surface area contributed by atoms with E-state index in [0.717, 1.165) is 25.2 Å². The Morgan fingerprint density at radius 2 is 2.05 bits per heavy atom. The zero-order valence-electron chi connectivity index (χ0n) is 11.7. The second-order valence-electron chi connectivity index (χ2n) is 5.58. The summed E-state index contributed by atoms with van der Waals surface area (Å²) in [6.45, 7) is 3.23. The topological polar surface area (TPSA) is 42.1 Å². The van der Waals surface area contributed by atoms with Crippen LogP contribution in [0.1, 0.15) is 23.6 Å². The second kappa shape index (κ2) is 6.16. The fraction of sp³-hybridized carbons (Fsp3) is 0.353. The van der Waals surface area contributed by atoms with Crippen LogP contribution in [0, 0.1) is 5.92 Å². The number of benzene rings is 1. The number of nitrogens with two attached hydrogens (primary N) is 1. The first-order chi connectivity index (χ1) is 9.83. The Morgan fingerprint density at radius 3 is 2.80 bits per heavy atom. The molecule has 2 unspecified atom stereocenters. The molecule has 2 heterocycles. The summed E-state index contributed by atoms with van der Waals surface area (Å²) in [6.07, 6.45) is 4.86. The van der Waals surface area contributed by atoms with Gasteiger partial charge in [-0.05, 0) is 36.1 Å². The van der Waals surface area contributed by atoms with Crippen molar-refractivity contribution < 1.29 is 0 Å². The van der Waals surface area contributed by atoms with E-state index in [-0.39, 0.29) is 6.04 Å². The smallest absolute Gasteiger partial charge is 0.0351 e. The van der Waals surface area contributed by atoms with Gasteiger partial charge < -0.3 is 5.73 Å². The Labute approximate surface area is 120 Å². The van der Waals surface area contributed by atoms with Crippen LogP contribution in [0.25, 0.3) is 0 Å². The molecule has 0 bridgehead atoms. The normalized spacial score (nSPS) is 20.9. The van der Waals surface area contributed by atoms with Crippen LogP contribution in [0.3, 0.4) is 0 Å². The lowest BCUT2D eigenvalue weighted by molar-refractivity contribution is 0.306. The first-order valence-electron chi connectivity index (χ1n) is 7.25. The zero-order valence-corrected chi connectivity index (χ0v) is 11.7. The highest BCUT2D eigenvalue weighted by atomic mass is 15.1. The van der Waals surface area contributed by atoms with Gasteiger partial charge in [-0.1, -0.05) is 36.4 Å². The summed E-state index contributed by atoms with van der Waals surface area (Å²) in [4.78, 5) is 6.67. The zero-order chi connectivity index (χ0) is 13.8. The van der Waals surface area contributed by atoms with Gasteiger partial charge in [0.1, 0.15) is 0 Å². The van der Waals surface area contributed by atoms with Crippen molar-refractivity contribution in [2.45, 2.75) is 19.0 Å². The number of likely N-dealkylation sites (tertiary alicyclic amines) is 1. The molecule has 1 aromatic carbocycles. The molecule has 1 aliphatic heterocycles. The van der Waals surface area contributed by atoms with Crippen molar-refractivity contribution in [1.82, 2.24) is 9.88 Å². The number of nitrogens with zero attached hydrogens (tertiary/aromatic N) is 2. The largest absolute Gasteiger partial charge is 0.324 e. The Kier molecular flexibility index (Phi) is 4.09. The molecule has 20 heavy (non-hydrogen) atoms. The Hall–Kier alpha value is -1.71. The first kappa shape index (κ1) is 13.3. The van der Waals surface area contributed by atoms with E-state index >= 15 is 0 Å². The number of pyridine rings is 1. The van der Waals surface area contributed by atoms with E-state index in [1.54, 1.807) is 6.20 Å². The van der Waals surface area contributed by atoms with E-state index in [1.165, 1.54) is 12.0 Å². The van der Waals surface area contributed by atoms with Crippen LogP contribution in [0.5, 0.6) is 0 Å². The standard InChI is InChI=1S/C17H21N3/c18-17(15-7-4-9-19-11-15)16-8-10-20(13-16)12-14-5-2-1-3-6-14/h1-7,9,11,16-17H,8,10,12-13,18H2. The highest BCUT2D eigenvalue weighted by Gasteiger charge is 2.28. The Bertz CT molecular complexity index is 526. The molecule has 0 amide bonds. The summed E-state index contributed by atoms with van der Waals surface area (Å²) < 4.78 is 0. The van der Waals surface area contributed by atoms with Crippen LogP contribution in [-0.4, -0.2) is 23.0 Å². The van der Waals surface area contributed by atoms with Gasteiger partial charge in [0, 0.05) is 31.5 Å². The van der Waals surface area contributed by atoms with Gasteiger partial charge in [0.25, 0.3) is 0 Å². The molecule has 3 heteroatoms. The van der Waals surface area contributed by atoms with E-state index in [2.05, 4.69) is 46.3 Å². The quantitative estimate of drug-likeness (QED) is 0.926. The number of hydrogen-bond donors (Lipinski definition) is 1. The minimum atomic E-state index is 0.101. The highest BCUT2D eigenvalue weighted by molar-refractivity contribution is 5.16. The maximum atomic E-state index is 6.39. The average molecular weight is 267 g/mol. The van der Waals surface area contributed by atoms with Crippen LogP contribution in [-0.2, 0) is 6.54 Å². The van der Waals surface area contributed by atoms with Gasteiger partial charge in [-0.15, -0.1) is 0 Å². The fourth-order valence-corrected chi connectivity index (χ4v) is 2.99. The minimum absolute atomic E-state index is 0.101. The van der Waals surface area contributed by atoms with Crippen LogP contribution in [0.15, 0.2) is 54.9 Å². The molecule has 2 atom stereocenters. The lowest BCUT2D eigenvalue weighted by Crippen LogP contribution is -2.26. The predicted molar refractivity (Wildman–Crippen MR) is 81.0 cm³/mol. The molecule has 0 radical (unpaired) electrons. The van der Waals surface area contributed by atoms with Gasteiger partial charge >= 0.3 is 0 Å². The van der Waals surface area contributed by atoms with Gasteiger partial charge in [-0.25, -0.2) is 0 Å². The molecule has 1 aliphatic rings. The number of aromatic nitrogens is 1. The molecular weight excluding hydrogens is 246 g/mol. The number of hydrogen-bond acceptors (Lipinski definition) is 3. The lowest BCUT2D eigenvalue weighted by atomic mass is 9.94. The molecule has 1 fully saturated rings. The SMILES string of the molecule is NC(c1cccnc1)C1CCN(Cc2ccccc2)C1. The maximum absolute atomic E-state index is 6.39. The third-order valence-corrected chi connectivity index (χ3v) is 4.14. The second-order valence-corrected chi connectivity index (χ2v) is 5.58. The van der Waals surface area contributed by atoms with Gasteiger partial charge in [0.05, 0.1) is 0 Å². The summed E-state index contributed by atoms with van der Waals surface area (Å²) in [5, 5.41) is 0. The van der Waals surface area contributed by atoms with Crippen molar-refractivity contribution in [3.63, 3.8) is 0 Å². The molecule has 3 nitrogen and oxygen atoms in total. The van der Waals surface area contributed by atoms with Gasteiger partial charge in [0.2, 0.25) is 0 Å². The number of rotatable bonds is 4. The molecule has 1 saturated heterocycles. The molecule has 104 valence electrons. The van der Waals surface area contributed by atoms with Crippen molar-refractivity contribution >= 4 is 0 Å². The molecule has 0 aliphatic carbocycles. The van der Waals surface area contributed by atoms with Gasteiger partial charge in [0.15, 0.2) is 0 Å². The van der Waals surface area contributed by atoms with E-state index < -0.39 is 0 Å². The molecule has 0 spiro atoms. The van der Waals surface area contributed by atoms with E-state index in [0.29, 0.717) is 5.92 Å². The van der Waals surface area contributed by atoms with Crippen LogP contribution < -0.4 is 5.73 Å².